The minimum absolute atomic E-state index is 0.00899. The van der Waals surface area contributed by atoms with Crippen molar-refractivity contribution in [2.24, 2.45) is 0 Å². The van der Waals surface area contributed by atoms with E-state index in [1.165, 1.54) is 17.7 Å². The monoisotopic (exact) mass is 551 g/mol. The number of nitrogens with zero attached hydrogens (tertiary/aromatic N) is 4. The van der Waals surface area contributed by atoms with Crippen LogP contribution in [0.1, 0.15) is 52.9 Å². The minimum Gasteiger partial charge on any atom is -0.354 e. The maximum Gasteiger partial charge on any atom is 0.270 e. The number of carbonyl (C=O) groups excluding carboxylic acids is 2. The predicted molar refractivity (Wildman–Crippen MR) is 139 cm³/mol. The molecule has 1 aromatic carbocycles. The van der Waals surface area contributed by atoms with Crippen molar-refractivity contribution in [3.8, 4) is 5.82 Å². The third-order valence-electron chi connectivity index (χ3n) is 5.81. The number of fused-ring (bicyclic) bond motifs is 1. The first-order valence-electron chi connectivity index (χ1n) is 11.2. The molecule has 36 heavy (non-hydrogen) atoms. The summed E-state index contributed by atoms with van der Waals surface area (Å²) in [7, 11) is 1.46. The number of benzene rings is 1. The minimum atomic E-state index is -0.471. The first kappa shape index (κ1) is 26.0. The van der Waals surface area contributed by atoms with Gasteiger partial charge >= 0.3 is 0 Å². The second-order valence-electron chi connectivity index (χ2n) is 8.73. The fourth-order valence-corrected chi connectivity index (χ4v) is 4.57. The number of halogens is 3. The largest absolute Gasteiger partial charge is 0.354 e. The van der Waals surface area contributed by atoms with Gasteiger partial charge in [0, 0.05) is 30.3 Å². The molecule has 2 aromatic heterocycles. The molecule has 1 atom stereocenters. The smallest absolute Gasteiger partial charge is 0.270 e. The normalized spacial score (nSPS) is 15.1. The highest BCUT2D eigenvalue weighted by Gasteiger charge is 2.33. The maximum absolute atomic E-state index is 13.7. The van der Waals surface area contributed by atoms with Crippen LogP contribution in [0.2, 0.25) is 15.1 Å². The lowest BCUT2D eigenvalue weighted by Crippen LogP contribution is -2.46. The summed E-state index contributed by atoms with van der Waals surface area (Å²) in [6.45, 7) is 5.75. The number of nitrogens with one attached hydrogen (secondary N) is 3. The van der Waals surface area contributed by atoms with Gasteiger partial charge in [0.15, 0.2) is 5.82 Å². The number of carbonyl (C=O) groups is 2. The van der Waals surface area contributed by atoms with E-state index in [2.05, 4.69) is 20.8 Å². The third-order valence-corrected chi connectivity index (χ3v) is 6.91. The summed E-state index contributed by atoms with van der Waals surface area (Å²) in [5, 5.41) is 13.0. The van der Waals surface area contributed by atoms with Gasteiger partial charge in [-0.25, -0.2) is 9.55 Å². The highest BCUT2D eigenvalue weighted by Crippen LogP contribution is 2.29. The maximum atomic E-state index is 13.7. The van der Waals surface area contributed by atoms with E-state index in [0.717, 1.165) is 0 Å². The molecular formula is C23H24Cl3N7O3. The number of aromatic nitrogens is 4. The highest BCUT2D eigenvalue weighted by atomic mass is 35.5. The third kappa shape index (κ3) is 4.68. The zero-order chi connectivity index (χ0) is 26.3. The quantitative estimate of drug-likeness (QED) is 0.443. The second kappa shape index (κ2) is 10.1. The molecule has 0 fully saturated rings. The van der Waals surface area contributed by atoms with Crippen molar-refractivity contribution >= 4 is 52.6 Å². The summed E-state index contributed by atoms with van der Waals surface area (Å²) in [4.78, 5) is 45.5. The highest BCUT2D eigenvalue weighted by molar-refractivity contribution is 6.42. The van der Waals surface area contributed by atoms with Crippen LogP contribution in [0, 0.1) is 0 Å². The van der Waals surface area contributed by atoms with Crippen molar-refractivity contribution in [1.82, 2.24) is 30.0 Å². The second-order valence-corrected chi connectivity index (χ2v) is 9.92. The standard InChI is InChI=1S/C23H24Cl3N7O3/c1-10(2)28-23-29-16-9-32(21(35)12-5-6-14(24)15(25)8-12)11(3)7-13(16)22(36)33(23)19-17(26)18(30-31-19)20(34)27-4/h5-6,8,10-11H,7,9H2,1-4H3,(H,27,34)(H,28,29)(H,30,31)/t11-/m1/s1. The zero-order valence-electron chi connectivity index (χ0n) is 19.9. The Hall–Kier alpha value is -3.08. The molecule has 2 amide bonds. The Morgan fingerprint density at radius 3 is 2.56 bits per heavy atom. The van der Waals surface area contributed by atoms with Gasteiger partial charge < -0.3 is 15.5 Å². The molecule has 3 N–H and O–H groups in total. The van der Waals surface area contributed by atoms with E-state index in [1.54, 1.807) is 17.0 Å². The Balaban J connectivity index is 1.80. The summed E-state index contributed by atoms with van der Waals surface area (Å²) in [6.07, 6.45) is 0.264. The van der Waals surface area contributed by atoms with Crippen LogP contribution < -0.4 is 16.2 Å². The Morgan fingerprint density at radius 2 is 1.92 bits per heavy atom. The van der Waals surface area contributed by atoms with Crippen molar-refractivity contribution in [1.29, 1.82) is 0 Å². The van der Waals surface area contributed by atoms with Gasteiger partial charge in [0.2, 0.25) is 5.95 Å². The van der Waals surface area contributed by atoms with Gasteiger partial charge in [-0.05, 0) is 45.4 Å². The van der Waals surface area contributed by atoms with E-state index in [9.17, 15) is 14.4 Å². The first-order valence-corrected chi connectivity index (χ1v) is 12.3. The van der Waals surface area contributed by atoms with Crippen LogP contribution in [0.15, 0.2) is 23.0 Å². The van der Waals surface area contributed by atoms with Crippen LogP contribution >= 0.6 is 34.8 Å². The van der Waals surface area contributed by atoms with Gasteiger partial charge in [0.05, 0.1) is 22.3 Å². The van der Waals surface area contributed by atoms with Gasteiger partial charge in [-0.2, -0.15) is 5.10 Å². The van der Waals surface area contributed by atoms with Gasteiger partial charge in [-0.15, -0.1) is 0 Å². The number of hydrogen-bond acceptors (Lipinski definition) is 6. The number of anilines is 1. The molecule has 13 heteroatoms. The number of rotatable bonds is 5. The average Bonchev–Trinajstić information content (AvgIpc) is 3.20. The van der Waals surface area contributed by atoms with Crippen LogP contribution in [-0.2, 0) is 13.0 Å². The molecule has 10 nitrogen and oxygen atoms in total. The fourth-order valence-electron chi connectivity index (χ4n) is 4.02. The molecule has 0 spiro atoms. The van der Waals surface area contributed by atoms with Crippen molar-refractivity contribution in [2.45, 2.75) is 45.8 Å². The molecule has 3 heterocycles. The number of amides is 2. The summed E-state index contributed by atoms with van der Waals surface area (Å²) in [6, 6.07) is 4.31. The van der Waals surface area contributed by atoms with Crippen molar-refractivity contribution in [3.05, 3.63) is 66.1 Å². The topological polar surface area (TPSA) is 125 Å². The Kier molecular flexibility index (Phi) is 7.31. The molecule has 190 valence electrons. The van der Waals surface area contributed by atoms with Crippen LogP contribution in [0.3, 0.4) is 0 Å². The van der Waals surface area contributed by atoms with E-state index in [0.29, 0.717) is 21.8 Å². The molecule has 0 aliphatic carbocycles. The van der Waals surface area contributed by atoms with Gasteiger partial charge in [-0.3, -0.25) is 19.5 Å². The predicted octanol–water partition coefficient (Wildman–Crippen LogP) is 3.68. The summed E-state index contributed by atoms with van der Waals surface area (Å²) >= 11 is 18.5. The SMILES string of the molecule is CNC(=O)c1[nH]nc(-n2c(NC(C)C)nc3c(c2=O)C[C@@H](C)N(C(=O)c2ccc(Cl)c(Cl)c2)C3)c1Cl. The summed E-state index contributed by atoms with van der Waals surface area (Å²) in [5.41, 5.74) is 0.938. The lowest BCUT2D eigenvalue weighted by atomic mass is 9.98. The van der Waals surface area contributed by atoms with E-state index >= 15 is 0 Å². The van der Waals surface area contributed by atoms with Gasteiger partial charge in [0.1, 0.15) is 10.7 Å². The Morgan fingerprint density at radius 1 is 1.19 bits per heavy atom. The molecule has 0 saturated carbocycles. The van der Waals surface area contributed by atoms with Crippen molar-refractivity contribution in [2.75, 3.05) is 12.4 Å². The molecule has 4 rings (SSSR count). The summed E-state index contributed by atoms with van der Waals surface area (Å²) < 4.78 is 1.26. The molecule has 1 aliphatic rings. The number of hydrogen-bond donors (Lipinski definition) is 3. The first-order chi connectivity index (χ1) is 17.0. The van der Waals surface area contributed by atoms with Crippen LogP contribution in [0.5, 0.6) is 0 Å². The van der Waals surface area contributed by atoms with E-state index in [4.69, 9.17) is 39.8 Å². The van der Waals surface area contributed by atoms with Crippen molar-refractivity contribution in [3.63, 3.8) is 0 Å². The van der Waals surface area contributed by atoms with Gasteiger partial charge in [0.25, 0.3) is 17.4 Å². The van der Waals surface area contributed by atoms with E-state index in [1.807, 2.05) is 20.8 Å². The molecule has 1 aliphatic heterocycles. The molecule has 0 unspecified atom stereocenters. The Labute approximate surface area is 221 Å². The lowest BCUT2D eigenvalue weighted by molar-refractivity contribution is 0.0653. The van der Waals surface area contributed by atoms with Crippen LogP contribution in [0.4, 0.5) is 5.95 Å². The van der Waals surface area contributed by atoms with Gasteiger partial charge in [-0.1, -0.05) is 34.8 Å². The Bertz CT molecular complexity index is 1420. The summed E-state index contributed by atoms with van der Waals surface area (Å²) in [5.74, 6) is -0.467. The van der Waals surface area contributed by atoms with E-state index < -0.39 is 5.91 Å². The van der Waals surface area contributed by atoms with Crippen LogP contribution in [0.25, 0.3) is 5.82 Å². The average molecular weight is 553 g/mol. The fraction of sp³-hybridized carbons (Fsp3) is 0.348. The molecule has 0 radical (unpaired) electrons. The van der Waals surface area contributed by atoms with Crippen LogP contribution in [-0.4, -0.2) is 55.6 Å². The molecule has 0 saturated heterocycles. The van der Waals surface area contributed by atoms with E-state index in [-0.39, 0.29) is 64.0 Å². The molecule has 3 aromatic rings. The number of aromatic amines is 1. The van der Waals surface area contributed by atoms with Crippen molar-refractivity contribution < 1.29 is 9.59 Å². The molecule has 0 bridgehead atoms. The number of H-pyrrole nitrogens is 1. The zero-order valence-corrected chi connectivity index (χ0v) is 22.2. The molecular weight excluding hydrogens is 529 g/mol. The lowest BCUT2D eigenvalue weighted by Gasteiger charge is -2.34.